The van der Waals surface area contributed by atoms with Crippen LogP contribution >= 0.6 is 0 Å². The second kappa shape index (κ2) is 7.40. The number of halogens is 3. The summed E-state index contributed by atoms with van der Waals surface area (Å²) in [4.78, 5) is 20.0. The first-order valence-corrected chi connectivity index (χ1v) is 5.13. The van der Waals surface area contributed by atoms with Gasteiger partial charge in [0.2, 0.25) is 0 Å². The molecule has 0 aliphatic rings. The predicted molar refractivity (Wildman–Crippen MR) is 60.6 cm³/mol. The number of methoxy groups -OCH3 is 1. The molecular formula is C12H13F3O4. The lowest BCUT2D eigenvalue weighted by atomic mass is 10.0. The van der Waals surface area contributed by atoms with E-state index in [0.717, 1.165) is 5.56 Å². The summed E-state index contributed by atoms with van der Waals surface area (Å²) in [5.74, 6) is -3.12. The first-order valence-electron chi connectivity index (χ1n) is 5.13. The Balaban J connectivity index is 0.000000399. The van der Waals surface area contributed by atoms with Crippen LogP contribution in [-0.4, -0.2) is 30.3 Å². The van der Waals surface area contributed by atoms with Gasteiger partial charge in [0.1, 0.15) is 0 Å². The summed E-state index contributed by atoms with van der Waals surface area (Å²) in [6.07, 6.45) is -5.08. The molecule has 19 heavy (non-hydrogen) atoms. The smallest absolute Gasteiger partial charge is 0.475 e. The molecule has 1 aromatic rings. The predicted octanol–water partition coefficient (Wildman–Crippen LogP) is 2.60. The lowest BCUT2D eigenvalue weighted by molar-refractivity contribution is -0.192. The maximum absolute atomic E-state index is 11.1. The molecular weight excluding hydrogens is 265 g/mol. The molecule has 0 saturated carbocycles. The van der Waals surface area contributed by atoms with Gasteiger partial charge in [0.15, 0.2) is 0 Å². The van der Waals surface area contributed by atoms with Crippen molar-refractivity contribution in [3.05, 3.63) is 35.9 Å². The zero-order valence-electron chi connectivity index (χ0n) is 10.3. The lowest BCUT2D eigenvalue weighted by Crippen LogP contribution is -2.21. The third-order valence-electron chi connectivity index (χ3n) is 2.10. The van der Waals surface area contributed by atoms with E-state index in [4.69, 9.17) is 9.90 Å². The highest BCUT2D eigenvalue weighted by Crippen LogP contribution is 2.15. The maximum Gasteiger partial charge on any atom is 0.490 e. The SMILES string of the molecule is COC(=O)C(C)c1ccccc1.O=C(O)C(F)(F)F. The van der Waals surface area contributed by atoms with Crippen LogP contribution in [0.4, 0.5) is 13.2 Å². The van der Waals surface area contributed by atoms with E-state index in [-0.39, 0.29) is 11.9 Å². The van der Waals surface area contributed by atoms with Crippen LogP contribution in [0.5, 0.6) is 0 Å². The third kappa shape index (κ3) is 6.44. The number of hydrogen-bond donors (Lipinski definition) is 1. The quantitative estimate of drug-likeness (QED) is 0.844. The van der Waals surface area contributed by atoms with Crippen molar-refractivity contribution in [1.29, 1.82) is 0 Å². The summed E-state index contributed by atoms with van der Waals surface area (Å²) in [7, 11) is 1.40. The van der Waals surface area contributed by atoms with Gasteiger partial charge >= 0.3 is 18.1 Å². The van der Waals surface area contributed by atoms with Gasteiger partial charge in [-0.2, -0.15) is 13.2 Å². The summed E-state index contributed by atoms with van der Waals surface area (Å²) in [5, 5.41) is 7.12. The largest absolute Gasteiger partial charge is 0.490 e. The van der Waals surface area contributed by atoms with Crippen molar-refractivity contribution in [3.63, 3.8) is 0 Å². The van der Waals surface area contributed by atoms with Gasteiger partial charge in [-0.25, -0.2) is 4.79 Å². The number of benzene rings is 1. The molecule has 0 aromatic heterocycles. The molecule has 1 unspecified atom stereocenters. The van der Waals surface area contributed by atoms with Crippen LogP contribution in [-0.2, 0) is 14.3 Å². The molecule has 0 amide bonds. The molecule has 1 N–H and O–H groups in total. The van der Waals surface area contributed by atoms with E-state index >= 15 is 0 Å². The molecule has 0 aliphatic heterocycles. The molecule has 106 valence electrons. The lowest BCUT2D eigenvalue weighted by Gasteiger charge is -2.08. The minimum Gasteiger partial charge on any atom is -0.475 e. The van der Waals surface area contributed by atoms with Crippen LogP contribution in [0.3, 0.4) is 0 Å². The molecule has 0 bridgehead atoms. The normalized spacial score (nSPS) is 11.8. The average molecular weight is 278 g/mol. The Morgan fingerprint density at radius 2 is 1.63 bits per heavy atom. The molecule has 1 rings (SSSR count). The zero-order valence-corrected chi connectivity index (χ0v) is 10.3. The minimum atomic E-state index is -5.08. The number of carbonyl (C=O) groups is 2. The zero-order chi connectivity index (χ0) is 15.1. The molecule has 1 aromatic carbocycles. The highest BCUT2D eigenvalue weighted by atomic mass is 19.4. The molecule has 1 atom stereocenters. The number of esters is 1. The van der Waals surface area contributed by atoms with Gasteiger partial charge in [0.05, 0.1) is 13.0 Å². The highest BCUT2D eigenvalue weighted by molar-refractivity contribution is 5.77. The van der Waals surface area contributed by atoms with E-state index in [1.807, 2.05) is 37.3 Å². The number of rotatable bonds is 2. The van der Waals surface area contributed by atoms with Crippen molar-refractivity contribution in [1.82, 2.24) is 0 Å². The summed E-state index contributed by atoms with van der Waals surface area (Å²) in [5.41, 5.74) is 0.990. The van der Waals surface area contributed by atoms with Crippen molar-refractivity contribution in [2.24, 2.45) is 0 Å². The molecule has 0 radical (unpaired) electrons. The van der Waals surface area contributed by atoms with E-state index in [1.165, 1.54) is 7.11 Å². The van der Waals surface area contributed by atoms with Gasteiger partial charge in [-0.15, -0.1) is 0 Å². The summed E-state index contributed by atoms with van der Waals surface area (Å²) < 4.78 is 36.4. The third-order valence-corrected chi connectivity index (χ3v) is 2.10. The fourth-order valence-electron chi connectivity index (χ4n) is 1.05. The first-order chi connectivity index (χ1) is 8.70. The van der Waals surface area contributed by atoms with E-state index in [2.05, 4.69) is 4.74 Å². The van der Waals surface area contributed by atoms with Gasteiger partial charge in [0.25, 0.3) is 0 Å². The van der Waals surface area contributed by atoms with Crippen LogP contribution in [0.1, 0.15) is 18.4 Å². The van der Waals surface area contributed by atoms with E-state index < -0.39 is 12.1 Å². The number of ether oxygens (including phenoxy) is 1. The summed E-state index contributed by atoms with van der Waals surface area (Å²) in [6, 6.07) is 9.58. The van der Waals surface area contributed by atoms with Gasteiger partial charge < -0.3 is 9.84 Å². The number of alkyl halides is 3. The van der Waals surface area contributed by atoms with E-state index in [1.54, 1.807) is 0 Å². The van der Waals surface area contributed by atoms with Crippen LogP contribution in [0.25, 0.3) is 0 Å². The van der Waals surface area contributed by atoms with Gasteiger partial charge in [-0.1, -0.05) is 30.3 Å². The van der Waals surface area contributed by atoms with Crippen molar-refractivity contribution in [2.75, 3.05) is 7.11 Å². The molecule has 7 heteroatoms. The molecule has 0 spiro atoms. The second-order valence-corrected chi connectivity index (χ2v) is 3.46. The maximum atomic E-state index is 11.1. The van der Waals surface area contributed by atoms with E-state index in [9.17, 15) is 18.0 Å². The number of hydrogen-bond acceptors (Lipinski definition) is 3. The topological polar surface area (TPSA) is 63.6 Å². The van der Waals surface area contributed by atoms with Crippen LogP contribution < -0.4 is 0 Å². The van der Waals surface area contributed by atoms with Crippen molar-refractivity contribution in [3.8, 4) is 0 Å². The van der Waals surface area contributed by atoms with Gasteiger partial charge in [0, 0.05) is 0 Å². The Bertz CT molecular complexity index is 415. The van der Waals surface area contributed by atoms with E-state index in [0.29, 0.717) is 0 Å². The Morgan fingerprint density at radius 1 is 1.21 bits per heavy atom. The number of carboxylic acids is 1. The van der Waals surface area contributed by atoms with Crippen molar-refractivity contribution in [2.45, 2.75) is 19.0 Å². The van der Waals surface area contributed by atoms with Crippen LogP contribution in [0.15, 0.2) is 30.3 Å². The molecule has 4 nitrogen and oxygen atoms in total. The minimum absolute atomic E-state index is 0.170. The Morgan fingerprint density at radius 3 is 1.95 bits per heavy atom. The molecule has 0 fully saturated rings. The fourth-order valence-corrected chi connectivity index (χ4v) is 1.05. The second-order valence-electron chi connectivity index (χ2n) is 3.46. The molecule has 0 heterocycles. The monoisotopic (exact) mass is 278 g/mol. The first kappa shape index (κ1) is 16.9. The van der Waals surface area contributed by atoms with Crippen molar-refractivity contribution < 1.29 is 32.6 Å². The van der Waals surface area contributed by atoms with Crippen LogP contribution in [0, 0.1) is 0 Å². The number of carboxylic acid groups (broad SMARTS) is 1. The Hall–Kier alpha value is -2.05. The standard InChI is InChI=1S/C10H12O2.C2HF3O2/c1-8(10(11)12-2)9-6-4-3-5-7-9;3-2(4,5)1(6)7/h3-8H,1-2H3;(H,6,7). The average Bonchev–Trinajstić information content (AvgIpc) is 2.37. The van der Waals surface area contributed by atoms with Gasteiger partial charge in [-0.3, -0.25) is 4.79 Å². The fraction of sp³-hybridized carbons (Fsp3) is 0.333. The molecule has 0 saturated heterocycles. The van der Waals surface area contributed by atoms with Gasteiger partial charge in [-0.05, 0) is 12.5 Å². The number of carbonyl (C=O) groups excluding carboxylic acids is 1. The van der Waals surface area contributed by atoms with Crippen molar-refractivity contribution >= 4 is 11.9 Å². The molecule has 0 aliphatic carbocycles. The Kier molecular flexibility index (Phi) is 6.60. The summed E-state index contributed by atoms with van der Waals surface area (Å²) in [6.45, 7) is 1.83. The highest BCUT2D eigenvalue weighted by Gasteiger charge is 2.38. The summed E-state index contributed by atoms with van der Waals surface area (Å²) >= 11 is 0. The Labute approximate surface area is 107 Å². The van der Waals surface area contributed by atoms with Crippen LogP contribution in [0.2, 0.25) is 0 Å². The number of aliphatic carboxylic acids is 1.